The molecule has 0 saturated carbocycles. The van der Waals surface area contributed by atoms with Gasteiger partial charge in [-0.3, -0.25) is 4.68 Å². The number of nitrogens with two attached hydrogens (primary N) is 1. The second-order valence-corrected chi connectivity index (χ2v) is 4.42. The van der Waals surface area contributed by atoms with Crippen molar-refractivity contribution in [1.29, 1.82) is 0 Å². The number of carbonyl (C=O) groups is 1. The van der Waals surface area contributed by atoms with Gasteiger partial charge < -0.3 is 10.5 Å². The Morgan fingerprint density at radius 3 is 2.80 bits per heavy atom. The Bertz CT molecular complexity index is 637. The zero-order valence-corrected chi connectivity index (χ0v) is 11.4. The molecule has 0 atom stereocenters. The Kier molecular flexibility index (Phi) is 4.02. The zero-order chi connectivity index (χ0) is 14.7. The van der Waals surface area contributed by atoms with Gasteiger partial charge >= 0.3 is 5.97 Å². The van der Waals surface area contributed by atoms with Crippen molar-refractivity contribution < 1.29 is 13.9 Å². The average Bonchev–Trinajstić information content (AvgIpc) is 2.76. The zero-order valence-electron chi connectivity index (χ0n) is 11.4. The second-order valence-electron chi connectivity index (χ2n) is 4.42. The van der Waals surface area contributed by atoms with E-state index in [4.69, 9.17) is 10.5 Å². The molecular weight excluding hydrogens is 261 g/mol. The molecule has 0 amide bonds. The van der Waals surface area contributed by atoms with Gasteiger partial charge in [0.15, 0.2) is 0 Å². The quantitative estimate of drug-likeness (QED) is 0.686. The number of benzene rings is 1. The summed E-state index contributed by atoms with van der Waals surface area (Å²) in [6.07, 6.45) is 0.800. The van der Waals surface area contributed by atoms with Crippen LogP contribution in [-0.4, -0.2) is 15.7 Å². The first kappa shape index (κ1) is 14.0. The van der Waals surface area contributed by atoms with Gasteiger partial charge in [-0.15, -0.1) is 0 Å². The molecule has 0 aliphatic heterocycles. The maximum atomic E-state index is 13.6. The molecule has 6 heteroatoms. The van der Waals surface area contributed by atoms with Gasteiger partial charge in [-0.2, -0.15) is 5.10 Å². The fraction of sp³-hybridized carbons (Fsp3) is 0.286. The number of carbonyl (C=O) groups excluding carboxylic acids is 1. The third-order valence-electron chi connectivity index (χ3n) is 2.95. The highest BCUT2D eigenvalue weighted by Gasteiger charge is 2.14. The standard InChI is InChI=1S/C14H16FN3O2/c1-3-10-7-11(18(2)17-10)8-20-14(19)12-5-4-9(16)6-13(12)15/h4-7H,3,8,16H2,1-2H3. The van der Waals surface area contributed by atoms with E-state index in [9.17, 15) is 9.18 Å². The Balaban J connectivity index is 2.06. The van der Waals surface area contributed by atoms with Crippen LogP contribution < -0.4 is 5.73 Å². The molecular formula is C14H16FN3O2. The number of halogens is 1. The molecule has 0 saturated heterocycles. The van der Waals surface area contributed by atoms with Crippen molar-refractivity contribution in [2.24, 2.45) is 7.05 Å². The molecule has 0 unspecified atom stereocenters. The van der Waals surface area contributed by atoms with Gasteiger partial charge in [-0.1, -0.05) is 6.92 Å². The van der Waals surface area contributed by atoms with Crippen LogP contribution in [0.25, 0.3) is 0 Å². The van der Waals surface area contributed by atoms with E-state index in [0.717, 1.165) is 23.9 Å². The highest BCUT2D eigenvalue weighted by atomic mass is 19.1. The molecule has 0 aliphatic carbocycles. The number of hydrogen-bond donors (Lipinski definition) is 1. The van der Waals surface area contributed by atoms with E-state index in [-0.39, 0.29) is 17.9 Å². The number of aryl methyl sites for hydroxylation is 2. The van der Waals surface area contributed by atoms with E-state index in [1.54, 1.807) is 11.7 Å². The number of nitrogens with zero attached hydrogens (tertiary/aromatic N) is 2. The Morgan fingerprint density at radius 1 is 1.45 bits per heavy atom. The van der Waals surface area contributed by atoms with Gasteiger partial charge in [0, 0.05) is 12.7 Å². The van der Waals surface area contributed by atoms with Crippen molar-refractivity contribution >= 4 is 11.7 Å². The van der Waals surface area contributed by atoms with E-state index in [0.29, 0.717) is 0 Å². The molecule has 1 aromatic heterocycles. The molecule has 0 bridgehead atoms. The summed E-state index contributed by atoms with van der Waals surface area (Å²) in [5.41, 5.74) is 7.23. The molecule has 0 radical (unpaired) electrons. The normalized spacial score (nSPS) is 10.6. The SMILES string of the molecule is CCc1cc(COC(=O)c2ccc(N)cc2F)n(C)n1. The maximum absolute atomic E-state index is 13.6. The van der Waals surface area contributed by atoms with Crippen LogP contribution in [0.4, 0.5) is 10.1 Å². The lowest BCUT2D eigenvalue weighted by atomic mass is 10.2. The molecule has 2 N–H and O–H groups in total. The predicted molar refractivity (Wildman–Crippen MR) is 72.5 cm³/mol. The Morgan fingerprint density at radius 2 is 2.20 bits per heavy atom. The van der Waals surface area contributed by atoms with Gasteiger partial charge in [0.2, 0.25) is 0 Å². The number of hydrogen-bond acceptors (Lipinski definition) is 4. The molecule has 2 rings (SSSR count). The lowest BCUT2D eigenvalue weighted by molar-refractivity contribution is 0.0458. The molecule has 0 fully saturated rings. The van der Waals surface area contributed by atoms with Crippen LogP contribution in [0, 0.1) is 5.82 Å². The summed E-state index contributed by atoms with van der Waals surface area (Å²) in [7, 11) is 1.77. The summed E-state index contributed by atoms with van der Waals surface area (Å²) in [6, 6.07) is 5.72. The van der Waals surface area contributed by atoms with Crippen LogP contribution in [0.5, 0.6) is 0 Å². The average molecular weight is 277 g/mol. The molecule has 2 aromatic rings. The number of aromatic nitrogens is 2. The highest BCUT2D eigenvalue weighted by molar-refractivity contribution is 5.90. The first-order valence-electron chi connectivity index (χ1n) is 6.25. The number of ether oxygens (including phenoxy) is 1. The summed E-state index contributed by atoms with van der Waals surface area (Å²) >= 11 is 0. The summed E-state index contributed by atoms with van der Waals surface area (Å²) in [4.78, 5) is 11.8. The summed E-state index contributed by atoms with van der Waals surface area (Å²) in [5.74, 6) is -1.41. The lowest BCUT2D eigenvalue weighted by Crippen LogP contribution is -2.10. The molecule has 0 spiro atoms. The molecule has 0 aliphatic rings. The Labute approximate surface area is 116 Å². The fourth-order valence-corrected chi connectivity index (χ4v) is 1.79. The van der Waals surface area contributed by atoms with Crippen LogP contribution in [0.15, 0.2) is 24.3 Å². The van der Waals surface area contributed by atoms with Crippen molar-refractivity contribution in [3.8, 4) is 0 Å². The molecule has 1 heterocycles. The minimum Gasteiger partial charge on any atom is -0.456 e. The predicted octanol–water partition coefficient (Wildman–Crippen LogP) is 2.06. The van der Waals surface area contributed by atoms with E-state index in [1.807, 2.05) is 13.0 Å². The number of anilines is 1. The first-order chi connectivity index (χ1) is 9.51. The van der Waals surface area contributed by atoms with Crippen molar-refractivity contribution in [3.63, 3.8) is 0 Å². The largest absolute Gasteiger partial charge is 0.456 e. The topological polar surface area (TPSA) is 70.1 Å². The van der Waals surface area contributed by atoms with E-state index in [2.05, 4.69) is 5.10 Å². The van der Waals surface area contributed by atoms with E-state index in [1.165, 1.54) is 12.1 Å². The van der Waals surface area contributed by atoms with Crippen molar-refractivity contribution in [3.05, 3.63) is 47.0 Å². The van der Waals surface area contributed by atoms with E-state index < -0.39 is 11.8 Å². The number of esters is 1. The minimum atomic E-state index is -0.721. The molecule has 1 aromatic carbocycles. The summed E-state index contributed by atoms with van der Waals surface area (Å²) < 4.78 is 20.3. The van der Waals surface area contributed by atoms with Gasteiger partial charge in [-0.05, 0) is 30.7 Å². The monoisotopic (exact) mass is 277 g/mol. The Hall–Kier alpha value is -2.37. The van der Waals surface area contributed by atoms with Gasteiger partial charge in [0.05, 0.1) is 17.0 Å². The van der Waals surface area contributed by atoms with Gasteiger partial charge in [0.1, 0.15) is 12.4 Å². The smallest absolute Gasteiger partial charge is 0.341 e. The van der Waals surface area contributed by atoms with Gasteiger partial charge in [-0.25, -0.2) is 9.18 Å². The van der Waals surface area contributed by atoms with Crippen LogP contribution in [0.1, 0.15) is 28.7 Å². The summed E-state index contributed by atoms with van der Waals surface area (Å²) in [6.45, 7) is 2.04. The second kappa shape index (κ2) is 5.73. The van der Waals surface area contributed by atoms with E-state index >= 15 is 0 Å². The molecule has 20 heavy (non-hydrogen) atoms. The lowest BCUT2D eigenvalue weighted by Gasteiger charge is -2.06. The molecule has 106 valence electrons. The van der Waals surface area contributed by atoms with Crippen LogP contribution in [-0.2, 0) is 24.8 Å². The minimum absolute atomic E-state index is 0.0478. The first-order valence-corrected chi connectivity index (χ1v) is 6.25. The van der Waals surface area contributed by atoms with Crippen molar-refractivity contribution in [2.75, 3.05) is 5.73 Å². The van der Waals surface area contributed by atoms with Crippen LogP contribution >= 0.6 is 0 Å². The number of rotatable bonds is 4. The summed E-state index contributed by atoms with van der Waals surface area (Å²) in [5, 5.41) is 4.24. The maximum Gasteiger partial charge on any atom is 0.341 e. The third-order valence-corrected chi connectivity index (χ3v) is 2.95. The van der Waals surface area contributed by atoms with Crippen LogP contribution in [0.2, 0.25) is 0 Å². The van der Waals surface area contributed by atoms with Gasteiger partial charge in [0.25, 0.3) is 0 Å². The third kappa shape index (κ3) is 2.96. The van der Waals surface area contributed by atoms with Crippen molar-refractivity contribution in [2.45, 2.75) is 20.0 Å². The fourth-order valence-electron chi connectivity index (χ4n) is 1.79. The van der Waals surface area contributed by atoms with Crippen LogP contribution in [0.3, 0.4) is 0 Å². The highest BCUT2D eigenvalue weighted by Crippen LogP contribution is 2.14. The van der Waals surface area contributed by atoms with Crippen molar-refractivity contribution in [1.82, 2.24) is 9.78 Å². The number of nitrogen functional groups attached to an aromatic ring is 1. The molecule has 5 nitrogen and oxygen atoms in total.